The number of hydrogen-bond donors (Lipinski definition) is 1. The molecule has 0 saturated heterocycles. The van der Waals surface area contributed by atoms with E-state index in [0.29, 0.717) is 11.7 Å². The number of rotatable bonds is 2. The maximum Gasteiger partial charge on any atom is 0.120 e. The summed E-state index contributed by atoms with van der Waals surface area (Å²) < 4.78 is 5.76. The molecule has 0 amide bonds. The minimum Gasteiger partial charge on any atom is -0.508 e. The summed E-state index contributed by atoms with van der Waals surface area (Å²) in [4.78, 5) is 0. The third-order valence-corrected chi connectivity index (χ3v) is 2.44. The molecule has 1 saturated carbocycles. The van der Waals surface area contributed by atoms with Gasteiger partial charge in [0, 0.05) is 5.56 Å². The average molecular weight is 206 g/mol. The van der Waals surface area contributed by atoms with E-state index in [9.17, 15) is 5.11 Å². The lowest BCUT2D eigenvalue weighted by atomic mass is 10.1. The molecule has 1 aromatic rings. The van der Waals surface area contributed by atoms with Crippen molar-refractivity contribution in [3.05, 3.63) is 23.8 Å². The van der Waals surface area contributed by atoms with Crippen LogP contribution >= 0.6 is 0 Å². The van der Waals surface area contributed by atoms with E-state index in [-0.39, 0.29) is 5.60 Å². The molecule has 0 atom stereocenters. The standard InChI is InChI=1S/C13H18O2/c1-13(2,3)15-10-6-7-12(14)11(8-10)9-4-5-9/h6-9,14H,4-5H2,1-3H3. The highest BCUT2D eigenvalue weighted by atomic mass is 16.5. The van der Waals surface area contributed by atoms with Crippen molar-refractivity contribution in [1.82, 2.24) is 0 Å². The molecule has 1 N–H and O–H groups in total. The molecule has 0 heterocycles. The van der Waals surface area contributed by atoms with Crippen LogP contribution in [0.3, 0.4) is 0 Å². The van der Waals surface area contributed by atoms with Gasteiger partial charge >= 0.3 is 0 Å². The third kappa shape index (κ3) is 2.65. The average Bonchev–Trinajstić information content (AvgIpc) is 2.88. The van der Waals surface area contributed by atoms with E-state index in [4.69, 9.17) is 4.74 Å². The highest BCUT2D eigenvalue weighted by Crippen LogP contribution is 2.45. The Morgan fingerprint density at radius 2 is 1.93 bits per heavy atom. The molecule has 0 bridgehead atoms. The lowest BCUT2D eigenvalue weighted by Gasteiger charge is -2.21. The molecule has 0 aliphatic heterocycles. The Kier molecular flexibility index (Phi) is 2.37. The fourth-order valence-electron chi connectivity index (χ4n) is 1.67. The molecule has 1 aliphatic carbocycles. The van der Waals surface area contributed by atoms with Crippen molar-refractivity contribution in [2.45, 2.75) is 45.1 Å². The van der Waals surface area contributed by atoms with Crippen LogP contribution in [0.4, 0.5) is 0 Å². The molecule has 2 rings (SSSR count). The summed E-state index contributed by atoms with van der Waals surface area (Å²) in [5, 5.41) is 9.69. The zero-order valence-electron chi connectivity index (χ0n) is 9.58. The third-order valence-electron chi connectivity index (χ3n) is 2.44. The topological polar surface area (TPSA) is 29.5 Å². The molecule has 0 radical (unpaired) electrons. The van der Waals surface area contributed by atoms with Crippen molar-refractivity contribution in [2.75, 3.05) is 0 Å². The summed E-state index contributed by atoms with van der Waals surface area (Å²) in [5.41, 5.74) is 0.856. The SMILES string of the molecule is CC(C)(C)Oc1ccc(O)c(C2CC2)c1. The monoisotopic (exact) mass is 206 g/mol. The second kappa shape index (κ2) is 3.44. The van der Waals surface area contributed by atoms with Gasteiger partial charge in [0.05, 0.1) is 0 Å². The Morgan fingerprint density at radius 1 is 1.27 bits per heavy atom. The van der Waals surface area contributed by atoms with Crippen molar-refractivity contribution < 1.29 is 9.84 Å². The fourth-order valence-corrected chi connectivity index (χ4v) is 1.67. The first-order valence-corrected chi connectivity index (χ1v) is 5.48. The van der Waals surface area contributed by atoms with Crippen molar-refractivity contribution in [3.63, 3.8) is 0 Å². The van der Waals surface area contributed by atoms with Crippen LogP contribution in [0.15, 0.2) is 18.2 Å². The second-order valence-electron chi connectivity index (χ2n) is 5.21. The lowest BCUT2D eigenvalue weighted by molar-refractivity contribution is 0.130. The van der Waals surface area contributed by atoms with Crippen LogP contribution in [0.5, 0.6) is 11.5 Å². The zero-order chi connectivity index (χ0) is 11.1. The van der Waals surface area contributed by atoms with Gasteiger partial charge in [-0.2, -0.15) is 0 Å². The fraction of sp³-hybridized carbons (Fsp3) is 0.538. The molecular weight excluding hydrogens is 188 g/mol. The molecule has 82 valence electrons. The smallest absolute Gasteiger partial charge is 0.120 e. The van der Waals surface area contributed by atoms with Gasteiger partial charge in [0.2, 0.25) is 0 Å². The van der Waals surface area contributed by atoms with E-state index in [1.165, 1.54) is 12.8 Å². The minimum absolute atomic E-state index is 0.183. The van der Waals surface area contributed by atoms with Crippen LogP contribution in [0.2, 0.25) is 0 Å². The Morgan fingerprint density at radius 3 is 2.47 bits per heavy atom. The van der Waals surface area contributed by atoms with Gasteiger partial charge in [-0.15, -0.1) is 0 Å². The molecule has 0 unspecified atom stereocenters. The Balaban J connectivity index is 2.22. The number of phenols is 1. The van der Waals surface area contributed by atoms with Crippen molar-refractivity contribution in [3.8, 4) is 11.5 Å². The highest BCUT2D eigenvalue weighted by molar-refractivity contribution is 5.43. The number of hydrogen-bond acceptors (Lipinski definition) is 2. The predicted octanol–water partition coefficient (Wildman–Crippen LogP) is 3.45. The quantitative estimate of drug-likeness (QED) is 0.803. The zero-order valence-corrected chi connectivity index (χ0v) is 9.58. The van der Waals surface area contributed by atoms with E-state index in [1.54, 1.807) is 6.07 Å². The molecule has 1 aromatic carbocycles. The molecule has 1 aliphatic rings. The maximum absolute atomic E-state index is 9.69. The minimum atomic E-state index is -0.183. The van der Waals surface area contributed by atoms with Gasteiger partial charge in [0.1, 0.15) is 17.1 Å². The summed E-state index contributed by atoms with van der Waals surface area (Å²) >= 11 is 0. The first-order valence-electron chi connectivity index (χ1n) is 5.48. The van der Waals surface area contributed by atoms with Crippen LogP contribution in [0.1, 0.15) is 45.1 Å². The van der Waals surface area contributed by atoms with Crippen LogP contribution < -0.4 is 4.74 Å². The first-order chi connectivity index (χ1) is 6.96. The highest BCUT2D eigenvalue weighted by Gasteiger charge is 2.27. The van der Waals surface area contributed by atoms with Gasteiger partial charge in [-0.05, 0) is 57.7 Å². The van der Waals surface area contributed by atoms with Gasteiger partial charge in [0.25, 0.3) is 0 Å². The van der Waals surface area contributed by atoms with E-state index >= 15 is 0 Å². The molecule has 2 heteroatoms. The largest absolute Gasteiger partial charge is 0.508 e. The van der Waals surface area contributed by atoms with Crippen LogP contribution in [-0.2, 0) is 0 Å². The van der Waals surface area contributed by atoms with Gasteiger partial charge < -0.3 is 9.84 Å². The normalized spacial score (nSPS) is 16.5. The summed E-state index contributed by atoms with van der Waals surface area (Å²) in [6.45, 7) is 6.07. The summed E-state index contributed by atoms with van der Waals surface area (Å²) in [7, 11) is 0. The van der Waals surface area contributed by atoms with Gasteiger partial charge in [0.15, 0.2) is 0 Å². The molecule has 0 spiro atoms. The summed E-state index contributed by atoms with van der Waals surface area (Å²) in [6.07, 6.45) is 2.37. The molecule has 15 heavy (non-hydrogen) atoms. The second-order valence-corrected chi connectivity index (χ2v) is 5.21. The first kappa shape index (κ1) is 10.3. The van der Waals surface area contributed by atoms with Gasteiger partial charge in [-0.25, -0.2) is 0 Å². The van der Waals surface area contributed by atoms with Crippen molar-refractivity contribution >= 4 is 0 Å². The van der Waals surface area contributed by atoms with Crippen LogP contribution in [0.25, 0.3) is 0 Å². The molecular formula is C13H18O2. The maximum atomic E-state index is 9.69. The number of benzene rings is 1. The van der Waals surface area contributed by atoms with E-state index in [0.717, 1.165) is 11.3 Å². The summed E-state index contributed by atoms with van der Waals surface area (Å²) in [5.74, 6) is 1.80. The molecule has 2 nitrogen and oxygen atoms in total. The Bertz CT molecular complexity index is 359. The van der Waals surface area contributed by atoms with Crippen LogP contribution in [0, 0.1) is 0 Å². The number of phenolic OH excluding ortho intramolecular Hbond substituents is 1. The Hall–Kier alpha value is -1.18. The van der Waals surface area contributed by atoms with Gasteiger partial charge in [-0.3, -0.25) is 0 Å². The van der Waals surface area contributed by atoms with Crippen LogP contribution in [-0.4, -0.2) is 10.7 Å². The van der Waals surface area contributed by atoms with E-state index in [2.05, 4.69) is 0 Å². The van der Waals surface area contributed by atoms with E-state index in [1.807, 2.05) is 32.9 Å². The number of aromatic hydroxyl groups is 1. The summed E-state index contributed by atoms with van der Waals surface area (Å²) in [6, 6.07) is 5.53. The number of ether oxygens (including phenoxy) is 1. The van der Waals surface area contributed by atoms with Crippen molar-refractivity contribution in [2.24, 2.45) is 0 Å². The van der Waals surface area contributed by atoms with E-state index < -0.39 is 0 Å². The molecule has 0 aromatic heterocycles. The van der Waals surface area contributed by atoms with Crippen molar-refractivity contribution in [1.29, 1.82) is 0 Å². The Labute approximate surface area is 90.9 Å². The molecule has 1 fully saturated rings. The lowest BCUT2D eigenvalue weighted by Crippen LogP contribution is -2.22. The predicted molar refractivity (Wildman–Crippen MR) is 60.5 cm³/mol. The van der Waals surface area contributed by atoms with Gasteiger partial charge in [-0.1, -0.05) is 0 Å².